The number of benzene rings is 1. The van der Waals surface area contributed by atoms with Crippen molar-refractivity contribution >= 4 is 11.8 Å². The van der Waals surface area contributed by atoms with Crippen LogP contribution < -0.4 is 10.9 Å². The summed E-state index contributed by atoms with van der Waals surface area (Å²) in [5.41, 5.74) is 5.73. The Bertz CT molecular complexity index is 697. The Labute approximate surface area is 115 Å². The Kier molecular flexibility index (Phi) is 3.82. The average Bonchev–Trinajstić information content (AvgIpc) is 2.90. The minimum absolute atomic E-state index is 0.302. The van der Waals surface area contributed by atoms with E-state index in [1.807, 2.05) is 6.07 Å². The Morgan fingerprint density at radius 2 is 1.90 bits per heavy atom. The number of rotatable bonds is 2. The molecule has 2 aromatic rings. The van der Waals surface area contributed by atoms with E-state index in [-0.39, 0.29) is 0 Å². The molecule has 0 aliphatic heterocycles. The molecule has 20 heavy (non-hydrogen) atoms. The smallest absolute Gasteiger partial charge is 0.286 e. The van der Waals surface area contributed by atoms with Crippen LogP contribution in [0.5, 0.6) is 0 Å². The molecular formula is C14H12N4O2. The standard InChI is InChI=1S/C14H12N4O2/c1-18-7-3-6-12(18)14(20)17-16-13(19)11-5-2-4-10(8-11)9-15/h2-8H,1H3,(H,16,19)(H,17,20). The molecule has 0 saturated carbocycles. The summed E-state index contributed by atoms with van der Waals surface area (Å²) in [6.45, 7) is 0. The number of aromatic nitrogens is 1. The molecule has 100 valence electrons. The largest absolute Gasteiger partial charge is 0.347 e. The highest BCUT2D eigenvalue weighted by molar-refractivity contribution is 5.98. The van der Waals surface area contributed by atoms with Gasteiger partial charge in [-0.15, -0.1) is 0 Å². The molecule has 0 atom stereocenters. The van der Waals surface area contributed by atoms with Gasteiger partial charge in [-0.05, 0) is 30.3 Å². The number of nitrogens with zero attached hydrogens (tertiary/aromatic N) is 2. The molecule has 0 spiro atoms. The second kappa shape index (κ2) is 5.71. The van der Waals surface area contributed by atoms with E-state index < -0.39 is 11.8 Å². The van der Waals surface area contributed by atoms with Crippen molar-refractivity contribution in [1.29, 1.82) is 5.26 Å². The summed E-state index contributed by atoms with van der Waals surface area (Å²) in [6.07, 6.45) is 1.73. The maximum absolute atomic E-state index is 11.8. The van der Waals surface area contributed by atoms with Crippen LogP contribution >= 0.6 is 0 Å². The van der Waals surface area contributed by atoms with Crippen molar-refractivity contribution in [3.8, 4) is 6.07 Å². The van der Waals surface area contributed by atoms with Crippen molar-refractivity contribution in [3.05, 3.63) is 59.4 Å². The highest BCUT2D eigenvalue weighted by Crippen LogP contribution is 2.03. The van der Waals surface area contributed by atoms with E-state index >= 15 is 0 Å². The van der Waals surface area contributed by atoms with Crippen molar-refractivity contribution in [2.45, 2.75) is 0 Å². The maximum Gasteiger partial charge on any atom is 0.286 e. The normalized spacial score (nSPS) is 9.60. The molecule has 1 heterocycles. The number of amides is 2. The Morgan fingerprint density at radius 1 is 1.15 bits per heavy atom. The zero-order valence-electron chi connectivity index (χ0n) is 10.8. The Morgan fingerprint density at radius 3 is 2.55 bits per heavy atom. The highest BCUT2D eigenvalue weighted by atomic mass is 16.2. The number of hydrogen-bond acceptors (Lipinski definition) is 3. The molecule has 2 N–H and O–H groups in total. The van der Waals surface area contributed by atoms with E-state index in [4.69, 9.17) is 5.26 Å². The molecule has 6 nitrogen and oxygen atoms in total. The number of carbonyl (C=O) groups is 2. The van der Waals surface area contributed by atoms with Gasteiger partial charge >= 0.3 is 0 Å². The summed E-state index contributed by atoms with van der Waals surface area (Å²) in [4.78, 5) is 23.6. The van der Waals surface area contributed by atoms with Crippen LogP contribution in [0.1, 0.15) is 26.4 Å². The molecule has 0 aliphatic carbocycles. The number of aryl methyl sites for hydroxylation is 1. The van der Waals surface area contributed by atoms with Gasteiger partial charge in [-0.1, -0.05) is 6.07 Å². The third-order valence-corrected chi connectivity index (χ3v) is 2.72. The number of nitrogens with one attached hydrogen (secondary N) is 2. The Hall–Kier alpha value is -3.07. The molecule has 0 saturated heterocycles. The molecule has 0 radical (unpaired) electrons. The summed E-state index contributed by atoms with van der Waals surface area (Å²) >= 11 is 0. The van der Waals surface area contributed by atoms with Gasteiger partial charge in [0.25, 0.3) is 11.8 Å². The van der Waals surface area contributed by atoms with E-state index in [9.17, 15) is 9.59 Å². The van der Waals surface area contributed by atoms with E-state index in [1.165, 1.54) is 6.07 Å². The number of nitriles is 1. The van der Waals surface area contributed by atoms with Gasteiger partial charge in [0, 0.05) is 18.8 Å². The lowest BCUT2D eigenvalue weighted by Crippen LogP contribution is -2.42. The average molecular weight is 268 g/mol. The highest BCUT2D eigenvalue weighted by Gasteiger charge is 2.11. The van der Waals surface area contributed by atoms with Crippen LogP contribution in [0.15, 0.2) is 42.6 Å². The Balaban J connectivity index is 2.01. The van der Waals surface area contributed by atoms with E-state index in [0.29, 0.717) is 16.8 Å². The lowest BCUT2D eigenvalue weighted by Gasteiger charge is -2.08. The summed E-state index contributed by atoms with van der Waals surface area (Å²) in [6, 6.07) is 11.5. The first-order valence-corrected chi connectivity index (χ1v) is 5.84. The second-order valence-electron chi connectivity index (χ2n) is 4.11. The number of hydrazine groups is 1. The second-order valence-corrected chi connectivity index (χ2v) is 4.11. The van der Waals surface area contributed by atoms with Crippen LogP contribution in [0, 0.1) is 11.3 Å². The van der Waals surface area contributed by atoms with Gasteiger partial charge in [-0.3, -0.25) is 20.4 Å². The van der Waals surface area contributed by atoms with Crippen molar-refractivity contribution in [1.82, 2.24) is 15.4 Å². The van der Waals surface area contributed by atoms with E-state index in [2.05, 4.69) is 10.9 Å². The molecule has 1 aromatic carbocycles. The minimum Gasteiger partial charge on any atom is -0.347 e. The van der Waals surface area contributed by atoms with Gasteiger partial charge in [0.05, 0.1) is 11.6 Å². The van der Waals surface area contributed by atoms with Crippen LogP contribution in [-0.2, 0) is 7.05 Å². The topological polar surface area (TPSA) is 86.9 Å². The monoisotopic (exact) mass is 268 g/mol. The third kappa shape index (κ3) is 2.84. The van der Waals surface area contributed by atoms with Gasteiger partial charge in [0.1, 0.15) is 5.69 Å². The molecular weight excluding hydrogens is 256 g/mol. The van der Waals surface area contributed by atoms with Gasteiger partial charge in [-0.2, -0.15) is 5.26 Å². The fraction of sp³-hybridized carbons (Fsp3) is 0.0714. The summed E-state index contributed by atoms with van der Waals surface area (Å²) in [5.74, 6) is -0.896. The van der Waals surface area contributed by atoms with Gasteiger partial charge in [0.15, 0.2) is 0 Å². The van der Waals surface area contributed by atoms with Crippen molar-refractivity contribution in [2.24, 2.45) is 7.05 Å². The fourth-order valence-corrected chi connectivity index (χ4v) is 1.68. The van der Waals surface area contributed by atoms with Crippen molar-refractivity contribution < 1.29 is 9.59 Å². The summed E-state index contributed by atoms with van der Waals surface area (Å²) < 4.78 is 1.64. The predicted molar refractivity (Wildman–Crippen MR) is 71.5 cm³/mol. The number of carbonyl (C=O) groups excluding carboxylic acids is 2. The molecule has 0 fully saturated rings. The fourth-order valence-electron chi connectivity index (χ4n) is 1.68. The zero-order valence-corrected chi connectivity index (χ0v) is 10.8. The number of hydrogen-bond donors (Lipinski definition) is 2. The quantitative estimate of drug-likeness (QED) is 0.796. The SMILES string of the molecule is Cn1cccc1C(=O)NNC(=O)c1cccc(C#N)c1. The maximum atomic E-state index is 11.8. The van der Waals surface area contributed by atoms with Crippen molar-refractivity contribution in [2.75, 3.05) is 0 Å². The lowest BCUT2D eigenvalue weighted by molar-refractivity contribution is 0.0842. The van der Waals surface area contributed by atoms with Gasteiger partial charge < -0.3 is 4.57 Å². The molecule has 2 amide bonds. The molecule has 2 rings (SSSR count). The molecule has 0 unspecified atom stereocenters. The first kappa shape index (κ1) is 13.4. The first-order valence-electron chi connectivity index (χ1n) is 5.84. The van der Waals surface area contributed by atoms with Crippen molar-refractivity contribution in [3.63, 3.8) is 0 Å². The minimum atomic E-state index is -0.482. The van der Waals surface area contributed by atoms with Gasteiger partial charge in [0.2, 0.25) is 0 Å². The van der Waals surface area contributed by atoms with Gasteiger partial charge in [-0.25, -0.2) is 0 Å². The summed E-state index contributed by atoms with van der Waals surface area (Å²) in [7, 11) is 1.73. The molecule has 0 bridgehead atoms. The van der Waals surface area contributed by atoms with Crippen LogP contribution in [0.4, 0.5) is 0 Å². The van der Waals surface area contributed by atoms with Crippen LogP contribution in [0.3, 0.4) is 0 Å². The molecule has 6 heteroatoms. The van der Waals surface area contributed by atoms with Crippen LogP contribution in [0.25, 0.3) is 0 Å². The molecule has 1 aromatic heterocycles. The van der Waals surface area contributed by atoms with E-state index in [1.54, 1.807) is 48.1 Å². The van der Waals surface area contributed by atoms with Crippen LogP contribution in [-0.4, -0.2) is 16.4 Å². The first-order chi connectivity index (χ1) is 9.61. The summed E-state index contributed by atoms with van der Waals surface area (Å²) in [5, 5.41) is 8.76. The lowest BCUT2D eigenvalue weighted by atomic mass is 10.1. The van der Waals surface area contributed by atoms with E-state index in [0.717, 1.165) is 0 Å². The zero-order chi connectivity index (χ0) is 14.5. The third-order valence-electron chi connectivity index (χ3n) is 2.72. The molecule has 0 aliphatic rings. The van der Waals surface area contributed by atoms with Crippen LogP contribution in [0.2, 0.25) is 0 Å². The predicted octanol–water partition coefficient (Wildman–Crippen LogP) is 0.972.